The van der Waals surface area contributed by atoms with Gasteiger partial charge in [-0.25, -0.2) is 0 Å². The highest BCUT2D eigenvalue weighted by atomic mass is 16.4. The first-order chi connectivity index (χ1) is 5.40. The fourth-order valence-electron chi connectivity index (χ4n) is 2.20. The van der Waals surface area contributed by atoms with Crippen LogP contribution in [0.4, 0.5) is 0 Å². The second kappa shape index (κ2) is 2.68. The van der Waals surface area contributed by atoms with E-state index in [1.54, 1.807) is 0 Å². The molecule has 11 heavy (non-hydrogen) atoms. The largest absolute Gasteiger partial charge is 0.411 e. The Balaban J connectivity index is 2.09. The van der Waals surface area contributed by atoms with Crippen LogP contribution in [-0.4, -0.2) is 10.9 Å². The first kappa shape index (κ1) is 6.89. The van der Waals surface area contributed by atoms with Gasteiger partial charge in [-0.2, -0.15) is 0 Å². The predicted molar refractivity (Wildman–Crippen MR) is 43.8 cm³/mol. The summed E-state index contributed by atoms with van der Waals surface area (Å²) in [6.45, 7) is 0. The normalized spacial score (nSPS) is 39.5. The molecule has 0 aromatic rings. The summed E-state index contributed by atoms with van der Waals surface area (Å²) < 4.78 is 0. The molecule has 0 aromatic carbocycles. The number of rotatable bonds is 0. The summed E-state index contributed by atoms with van der Waals surface area (Å²) >= 11 is 0. The van der Waals surface area contributed by atoms with Gasteiger partial charge in [0.05, 0.1) is 5.71 Å². The van der Waals surface area contributed by atoms with Gasteiger partial charge in [0.15, 0.2) is 0 Å². The van der Waals surface area contributed by atoms with Gasteiger partial charge in [0.25, 0.3) is 0 Å². The molecular formula is C9H13NO. The van der Waals surface area contributed by atoms with Gasteiger partial charge >= 0.3 is 0 Å². The van der Waals surface area contributed by atoms with Gasteiger partial charge in [0.2, 0.25) is 0 Å². The van der Waals surface area contributed by atoms with E-state index in [2.05, 4.69) is 17.3 Å². The lowest BCUT2D eigenvalue weighted by Gasteiger charge is -2.18. The van der Waals surface area contributed by atoms with E-state index in [-0.39, 0.29) is 0 Å². The topological polar surface area (TPSA) is 32.6 Å². The van der Waals surface area contributed by atoms with Crippen molar-refractivity contribution in [3.63, 3.8) is 0 Å². The van der Waals surface area contributed by atoms with Crippen molar-refractivity contribution in [1.29, 1.82) is 0 Å². The summed E-state index contributed by atoms with van der Waals surface area (Å²) in [4.78, 5) is 0. The average molecular weight is 151 g/mol. The van der Waals surface area contributed by atoms with Gasteiger partial charge < -0.3 is 5.21 Å². The van der Waals surface area contributed by atoms with Crippen molar-refractivity contribution >= 4 is 5.71 Å². The molecule has 0 heterocycles. The fraction of sp³-hybridized carbons (Fsp3) is 0.667. The zero-order chi connectivity index (χ0) is 7.68. The first-order valence-electron chi connectivity index (χ1n) is 4.25. The second-order valence-electron chi connectivity index (χ2n) is 3.54. The van der Waals surface area contributed by atoms with E-state index >= 15 is 0 Å². The van der Waals surface area contributed by atoms with E-state index in [1.807, 2.05) is 0 Å². The SMILES string of the molecule is ON=C1C[C@H]2CC=CC[C@H]2C1. The highest BCUT2D eigenvalue weighted by Gasteiger charge is 2.31. The van der Waals surface area contributed by atoms with Crippen LogP contribution in [0, 0.1) is 11.8 Å². The molecule has 0 saturated heterocycles. The second-order valence-corrected chi connectivity index (χ2v) is 3.54. The van der Waals surface area contributed by atoms with Crippen LogP contribution in [0.5, 0.6) is 0 Å². The molecule has 0 aromatic heterocycles. The molecular weight excluding hydrogens is 138 g/mol. The van der Waals surface area contributed by atoms with Gasteiger partial charge in [0, 0.05) is 0 Å². The molecule has 2 nitrogen and oxygen atoms in total. The summed E-state index contributed by atoms with van der Waals surface area (Å²) in [7, 11) is 0. The van der Waals surface area contributed by atoms with E-state index in [1.165, 1.54) is 12.8 Å². The molecule has 1 saturated carbocycles. The monoisotopic (exact) mass is 151 g/mol. The van der Waals surface area contributed by atoms with Gasteiger partial charge in [0.1, 0.15) is 0 Å². The van der Waals surface area contributed by atoms with Crippen molar-refractivity contribution in [2.75, 3.05) is 0 Å². The van der Waals surface area contributed by atoms with Gasteiger partial charge in [-0.1, -0.05) is 17.3 Å². The molecule has 0 bridgehead atoms. The molecule has 1 N–H and O–H groups in total. The van der Waals surface area contributed by atoms with Crippen LogP contribution in [0.3, 0.4) is 0 Å². The Morgan fingerprint density at radius 3 is 2.18 bits per heavy atom. The molecule has 2 aliphatic carbocycles. The maximum absolute atomic E-state index is 8.58. The zero-order valence-corrected chi connectivity index (χ0v) is 6.53. The Labute approximate surface area is 66.6 Å². The van der Waals surface area contributed by atoms with Crippen LogP contribution >= 0.6 is 0 Å². The molecule has 60 valence electrons. The average Bonchev–Trinajstić information content (AvgIpc) is 2.46. The van der Waals surface area contributed by atoms with E-state index in [9.17, 15) is 0 Å². The van der Waals surface area contributed by atoms with Crippen molar-refractivity contribution in [2.24, 2.45) is 17.0 Å². The first-order valence-corrected chi connectivity index (χ1v) is 4.25. The van der Waals surface area contributed by atoms with Crippen molar-refractivity contribution in [2.45, 2.75) is 25.7 Å². The highest BCUT2D eigenvalue weighted by molar-refractivity contribution is 5.86. The van der Waals surface area contributed by atoms with Gasteiger partial charge in [-0.3, -0.25) is 0 Å². The van der Waals surface area contributed by atoms with Crippen molar-refractivity contribution in [3.05, 3.63) is 12.2 Å². The Hall–Kier alpha value is -0.790. The number of nitrogens with zero attached hydrogens (tertiary/aromatic N) is 1. The van der Waals surface area contributed by atoms with Crippen LogP contribution in [-0.2, 0) is 0 Å². The fourth-order valence-corrected chi connectivity index (χ4v) is 2.20. The third-order valence-electron chi connectivity index (χ3n) is 2.85. The Kier molecular flexibility index (Phi) is 1.68. The van der Waals surface area contributed by atoms with Crippen LogP contribution in [0.25, 0.3) is 0 Å². The van der Waals surface area contributed by atoms with Crippen LogP contribution in [0.15, 0.2) is 17.3 Å². The third kappa shape index (κ3) is 1.17. The van der Waals surface area contributed by atoms with E-state index in [0.717, 1.165) is 30.4 Å². The molecule has 2 aliphatic rings. The summed E-state index contributed by atoms with van der Waals surface area (Å²) in [5.41, 5.74) is 1.00. The lowest BCUT2D eigenvalue weighted by Crippen LogP contribution is -2.08. The number of fused-ring (bicyclic) bond motifs is 1. The zero-order valence-electron chi connectivity index (χ0n) is 6.53. The Morgan fingerprint density at radius 2 is 1.73 bits per heavy atom. The lowest BCUT2D eigenvalue weighted by atomic mass is 9.86. The molecule has 2 heteroatoms. The number of hydrogen-bond donors (Lipinski definition) is 1. The minimum absolute atomic E-state index is 0.769. The lowest BCUT2D eigenvalue weighted by molar-refractivity contribution is 0.317. The van der Waals surface area contributed by atoms with Crippen molar-refractivity contribution in [1.82, 2.24) is 0 Å². The van der Waals surface area contributed by atoms with E-state index < -0.39 is 0 Å². The Bertz CT molecular complexity index is 190. The smallest absolute Gasteiger partial charge is 0.0576 e. The molecule has 0 aliphatic heterocycles. The van der Waals surface area contributed by atoms with Crippen LogP contribution in [0.1, 0.15) is 25.7 Å². The minimum Gasteiger partial charge on any atom is -0.411 e. The van der Waals surface area contributed by atoms with Gasteiger partial charge in [-0.15, -0.1) is 0 Å². The minimum atomic E-state index is 0.769. The molecule has 1 fully saturated rings. The molecule has 0 amide bonds. The molecule has 0 spiro atoms. The summed E-state index contributed by atoms with van der Waals surface area (Å²) in [5.74, 6) is 1.54. The van der Waals surface area contributed by atoms with Crippen molar-refractivity contribution < 1.29 is 5.21 Å². The van der Waals surface area contributed by atoms with E-state index in [4.69, 9.17) is 5.21 Å². The Morgan fingerprint density at radius 1 is 1.18 bits per heavy atom. The number of oxime groups is 1. The van der Waals surface area contributed by atoms with E-state index in [0.29, 0.717) is 0 Å². The van der Waals surface area contributed by atoms with Crippen LogP contribution in [0.2, 0.25) is 0 Å². The summed E-state index contributed by atoms with van der Waals surface area (Å²) in [6, 6.07) is 0. The summed E-state index contributed by atoms with van der Waals surface area (Å²) in [6.07, 6.45) is 8.91. The standard InChI is InChI=1S/C9H13NO/c11-10-9-5-7-3-1-2-4-8(7)6-9/h1-2,7-8,11H,3-6H2/t7-,8+. The number of hydrogen-bond acceptors (Lipinski definition) is 2. The predicted octanol–water partition coefficient (Wildman–Crippen LogP) is 2.19. The number of allylic oxidation sites excluding steroid dienone is 2. The molecule has 2 rings (SSSR count). The maximum atomic E-state index is 8.58. The highest BCUT2D eigenvalue weighted by Crippen LogP contribution is 2.37. The molecule has 0 unspecified atom stereocenters. The molecule has 0 radical (unpaired) electrons. The quantitative estimate of drug-likeness (QED) is 0.321. The third-order valence-corrected chi connectivity index (χ3v) is 2.85. The summed E-state index contributed by atoms with van der Waals surface area (Å²) in [5, 5.41) is 11.9. The van der Waals surface area contributed by atoms with Crippen molar-refractivity contribution in [3.8, 4) is 0 Å². The maximum Gasteiger partial charge on any atom is 0.0576 e. The molecule has 2 atom stereocenters. The van der Waals surface area contributed by atoms with Crippen LogP contribution < -0.4 is 0 Å². The van der Waals surface area contributed by atoms with Gasteiger partial charge in [-0.05, 0) is 37.5 Å².